The minimum Gasteiger partial charge on any atom is -0.496 e. The summed E-state index contributed by atoms with van der Waals surface area (Å²) in [6.07, 6.45) is 1.76. The van der Waals surface area contributed by atoms with Crippen molar-refractivity contribution in [1.29, 1.82) is 0 Å². The van der Waals surface area contributed by atoms with E-state index in [4.69, 9.17) is 18.9 Å². The van der Waals surface area contributed by atoms with Gasteiger partial charge >= 0.3 is 5.97 Å². The van der Waals surface area contributed by atoms with Crippen LogP contribution >= 0.6 is 11.3 Å². The van der Waals surface area contributed by atoms with Crippen LogP contribution in [0.15, 0.2) is 75.7 Å². The maximum atomic E-state index is 14.1. The summed E-state index contributed by atoms with van der Waals surface area (Å²) in [7, 11) is 4.69. The van der Waals surface area contributed by atoms with Crippen LogP contribution in [0.1, 0.15) is 31.0 Å². The van der Waals surface area contributed by atoms with E-state index in [1.54, 1.807) is 51.9 Å². The molecule has 0 saturated heterocycles. The second-order valence-corrected chi connectivity index (χ2v) is 9.80. The molecule has 5 rings (SSSR count). The molecule has 0 fully saturated rings. The number of ether oxygens (including phenoxy) is 4. The van der Waals surface area contributed by atoms with Crippen molar-refractivity contribution in [1.82, 2.24) is 4.57 Å². The lowest BCUT2D eigenvalue weighted by molar-refractivity contribution is -0.139. The number of nitrogens with zero attached hydrogens (tertiary/aromatic N) is 2. The summed E-state index contributed by atoms with van der Waals surface area (Å²) in [5.41, 5.74) is 1.87. The molecule has 3 aromatic carbocycles. The van der Waals surface area contributed by atoms with Crippen molar-refractivity contribution >= 4 is 34.2 Å². The van der Waals surface area contributed by atoms with E-state index in [2.05, 4.69) is 4.99 Å². The van der Waals surface area contributed by atoms with E-state index in [-0.39, 0.29) is 12.2 Å². The Morgan fingerprint density at radius 2 is 1.77 bits per heavy atom. The largest absolute Gasteiger partial charge is 0.496 e. The molecule has 8 nitrogen and oxygen atoms in total. The van der Waals surface area contributed by atoms with Gasteiger partial charge in [-0.3, -0.25) is 9.36 Å². The van der Waals surface area contributed by atoms with Crippen LogP contribution in [-0.2, 0) is 9.53 Å². The van der Waals surface area contributed by atoms with Crippen molar-refractivity contribution < 1.29 is 23.7 Å². The second-order valence-electron chi connectivity index (χ2n) is 8.79. The molecule has 2 heterocycles. The van der Waals surface area contributed by atoms with E-state index in [0.29, 0.717) is 49.0 Å². The Morgan fingerprint density at radius 3 is 2.49 bits per heavy atom. The predicted octanol–water partition coefficient (Wildman–Crippen LogP) is 3.98. The maximum absolute atomic E-state index is 14.1. The van der Waals surface area contributed by atoms with Crippen LogP contribution in [-0.4, -0.2) is 38.5 Å². The zero-order chi connectivity index (χ0) is 27.7. The van der Waals surface area contributed by atoms with E-state index < -0.39 is 12.0 Å². The van der Waals surface area contributed by atoms with Gasteiger partial charge in [0.15, 0.2) is 16.3 Å². The first-order valence-corrected chi connectivity index (χ1v) is 13.2. The number of methoxy groups -OCH3 is 3. The van der Waals surface area contributed by atoms with Crippen LogP contribution in [0.25, 0.3) is 16.8 Å². The monoisotopic (exact) mass is 544 g/mol. The third-order valence-corrected chi connectivity index (χ3v) is 7.64. The Morgan fingerprint density at radius 1 is 1.00 bits per heavy atom. The molecule has 0 N–H and O–H groups in total. The molecule has 1 aromatic heterocycles. The summed E-state index contributed by atoms with van der Waals surface area (Å²) < 4.78 is 24.2. The first kappa shape index (κ1) is 26.2. The number of carbonyl (C=O) groups excluding carboxylic acids is 1. The van der Waals surface area contributed by atoms with E-state index in [1.165, 1.54) is 11.3 Å². The third-order valence-electron chi connectivity index (χ3n) is 6.66. The van der Waals surface area contributed by atoms with Crippen molar-refractivity contribution in [2.45, 2.75) is 19.9 Å². The van der Waals surface area contributed by atoms with Crippen molar-refractivity contribution in [3.8, 4) is 17.2 Å². The molecular weight excluding hydrogens is 516 g/mol. The summed E-state index contributed by atoms with van der Waals surface area (Å²) >= 11 is 1.24. The van der Waals surface area contributed by atoms with Crippen LogP contribution < -0.4 is 29.1 Å². The Hall–Kier alpha value is -4.37. The fourth-order valence-electron chi connectivity index (χ4n) is 4.97. The summed E-state index contributed by atoms with van der Waals surface area (Å²) in [4.78, 5) is 32.6. The molecule has 0 amide bonds. The molecule has 0 saturated carbocycles. The number of benzene rings is 3. The molecule has 0 bridgehead atoms. The number of allylic oxidation sites excluding steroid dienone is 1. The van der Waals surface area contributed by atoms with Crippen LogP contribution in [0.3, 0.4) is 0 Å². The molecule has 9 heteroatoms. The van der Waals surface area contributed by atoms with Gasteiger partial charge in [-0.15, -0.1) is 0 Å². The molecule has 0 aliphatic carbocycles. The molecule has 1 aliphatic heterocycles. The normalized spacial score (nSPS) is 15.1. The Balaban J connectivity index is 1.85. The highest BCUT2D eigenvalue weighted by Crippen LogP contribution is 2.40. The first-order valence-electron chi connectivity index (χ1n) is 12.4. The van der Waals surface area contributed by atoms with Crippen molar-refractivity contribution in [2.75, 3.05) is 27.9 Å². The van der Waals surface area contributed by atoms with Gasteiger partial charge in [-0.2, -0.15) is 0 Å². The predicted molar refractivity (Wildman–Crippen MR) is 150 cm³/mol. The standard InChI is InChI=1S/C30H28N2O6S/c1-6-38-29(34)24-17(2)31-30-32(26(24)25-20-12-8-7-10-18(20)14-15-21(25)35-3)28(33)23(39-30)16-19-11-9-13-22(36-4)27(19)37-5/h7-16,26H,6H2,1-5H3/b23-16+. The van der Waals surface area contributed by atoms with Crippen LogP contribution in [0, 0.1) is 0 Å². The average Bonchev–Trinajstić information content (AvgIpc) is 3.25. The minimum absolute atomic E-state index is 0.190. The summed E-state index contributed by atoms with van der Waals surface area (Å²) in [5, 5.41) is 1.82. The lowest BCUT2D eigenvalue weighted by Crippen LogP contribution is -2.40. The van der Waals surface area contributed by atoms with Gasteiger partial charge < -0.3 is 18.9 Å². The zero-order valence-corrected chi connectivity index (χ0v) is 23.1. The Bertz CT molecular complexity index is 1800. The fourth-order valence-corrected chi connectivity index (χ4v) is 6.00. The van der Waals surface area contributed by atoms with Gasteiger partial charge in [0.05, 0.1) is 43.7 Å². The van der Waals surface area contributed by atoms with E-state index in [1.807, 2.05) is 48.5 Å². The minimum atomic E-state index is -0.810. The molecule has 200 valence electrons. The van der Waals surface area contributed by atoms with Gasteiger partial charge in [0.25, 0.3) is 5.56 Å². The molecule has 0 radical (unpaired) electrons. The van der Waals surface area contributed by atoms with Gasteiger partial charge in [0.1, 0.15) is 11.8 Å². The third kappa shape index (κ3) is 4.48. The van der Waals surface area contributed by atoms with Crippen LogP contribution in [0.4, 0.5) is 0 Å². The number of carbonyl (C=O) groups is 1. The van der Waals surface area contributed by atoms with Crippen molar-refractivity contribution in [3.05, 3.63) is 96.7 Å². The van der Waals surface area contributed by atoms with Crippen molar-refractivity contribution in [2.24, 2.45) is 4.99 Å². The second kappa shape index (κ2) is 10.8. The zero-order valence-electron chi connectivity index (χ0n) is 22.3. The Kier molecular flexibility index (Phi) is 7.26. The maximum Gasteiger partial charge on any atom is 0.338 e. The molecule has 1 atom stereocenters. The highest BCUT2D eigenvalue weighted by Gasteiger charge is 2.36. The van der Waals surface area contributed by atoms with Crippen LogP contribution in [0.2, 0.25) is 0 Å². The molecule has 4 aromatic rings. The van der Waals surface area contributed by atoms with Gasteiger partial charge in [0, 0.05) is 11.1 Å². The van der Waals surface area contributed by atoms with E-state index in [0.717, 1.165) is 10.8 Å². The number of thiazole rings is 1. The van der Waals surface area contributed by atoms with Gasteiger partial charge in [0.2, 0.25) is 0 Å². The fraction of sp³-hybridized carbons (Fsp3) is 0.233. The SMILES string of the molecule is CCOC(=O)C1=C(C)N=c2s/c(=C/c3cccc(OC)c3OC)c(=O)n2C1c1c(OC)ccc2ccccc12. The van der Waals surface area contributed by atoms with Crippen molar-refractivity contribution in [3.63, 3.8) is 0 Å². The summed E-state index contributed by atoms with van der Waals surface area (Å²) in [6.45, 7) is 3.70. The van der Waals surface area contributed by atoms with Crippen LogP contribution in [0.5, 0.6) is 17.2 Å². The highest BCUT2D eigenvalue weighted by molar-refractivity contribution is 7.07. The Labute approximate surface area is 229 Å². The summed E-state index contributed by atoms with van der Waals surface area (Å²) in [5.74, 6) is 1.10. The topological polar surface area (TPSA) is 88.4 Å². The molecule has 1 unspecified atom stereocenters. The number of hydrogen-bond acceptors (Lipinski definition) is 8. The number of rotatable bonds is 7. The number of aromatic nitrogens is 1. The highest BCUT2D eigenvalue weighted by atomic mass is 32.1. The van der Waals surface area contributed by atoms with Gasteiger partial charge in [-0.1, -0.05) is 53.8 Å². The van der Waals surface area contributed by atoms with E-state index >= 15 is 0 Å². The van der Waals surface area contributed by atoms with E-state index in [9.17, 15) is 9.59 Å². The first-order chi connectivity index (χ1) is 18.9. The average molecular weight is 545 g/mol. The number of hydrogen-bond donors (Lipinski definition) is 0. The molecule has 1 aliphatic rings. The summed E-state index contributed by atoms with van der Waals surface area (Å²) in [6, 6.07) is 16.3. The number of fused-ring (bicyclic) bond motifs is 2. The molecular formula is C30H28N2O6S. The molecule has 39 heavy (non-hydrogen) atoms. The smallest absolute Gasteiger partial charge is 0.338 e. The number of esters is 1. The lowest BCUT2D eigenvalue weighted by Gasteiger charge is -2.27. The van der Waals surface area contributed by atoms with Gasteiger partial charge in [-0.25, -0.2) is 9.79 Å². The quantitative estimate of drug-likeness (QED) is 0.327. The lowest BCUT2D eigenvalue weighted by atomic mass is 9.90. The number of para-hydroxylation sites is 1. The molecule has 0 spiro atoms. The van der Waals surface area contributed by atoms with Gasteiger partial charge in [-0.05, 0) is 42.8 Å².